The zero-order chi connectivity index (χ0) is 20.9. The Hall–Kier alpha value is -4.17. The van der Waals surface area contributed by atoms with E-state index in [-0.39, 0.29) is 11.4 Å². The average molecular weight is 393 g/mol. The van der Waals surface area contributed by atoms with Crippen molar-refractivity contribution in [1.82, 2.24) is 9.78 Å². The van der Waals surface area contributed by atoms with E-state index in [2.05, 4.69) is 0 Å². The molecule has 0 unspecified atom stereocenters. The number of allylic oxidation sites excluding steroid dienone is 1. The molecular weight excluding hydrogens is 374 g/mol. The summed E-state index contributed by atoms with van der Waals surface area (Å²) in [5.74, 6) is 0.128. The molecule has 0 aliphatic rings. The molecule has 2 aromatic heterocycles. The molecule has 5 nitrogen and oxygen atoms in total. The number of hydrogen-bond acceptors (Lipinski definition) is 4. The van der Waals surface area contributed by atoms with Gasteiger partial charge in [-0.1, -0.05) is 60.7 Å². The maximum atomic E-state index is 12.8. The fourth-order valence-electron chi connectivity index (χ4n) is 3.28. The lowest BCUT2D eigenvalue weighted by molar-refractivity contribution is 0.103. The molecule has 30 heavy (non-hydrogen) atoms. The van der Waals surface area contributed by atoms with E-state index in [1.807, 2.05) is 77.6 Å². The molecule has 5 heteroatoms. The molecule has 0 saturated carbocycles. The molecule has 4 rings (SSSR count). The molecular formula is C25H19N3O2. The van der Waals surface area contributed by atoms with Crippen LogP contribution >= 0.6 is 0 Å². The van der Waals surface area contributed by atoms with E-state index in [1.165, 1.54) is 6.26 Å². The fourth-order valence-corrected chi connectivity index (χ4v) is 3.28. The summed E-state index contributed by atoms with van der Waals surface area (Å²) in [4.78, 5) is 12.8. The van der Waals surface area contributed by atoms with Gasteiger partial charge >= 0.3 is 0 Å². The molecule has 0 aliphatic carbocycles. The largest absolute Gasteiger partial charge is 0.469 e. The van der Waals surface area contributed by atoms with Crippen molar-refractivity contribution in [3.63, 3.8) is 0 Å². The Morgan fingerprint density at radius 3 is 2.43 bits per heavy atom. The van der Waals surface area contributed by atoms with Crippen molar-refractivity contribution in [3.8, 4) is 17.3 Å². The molecule has 0 spiro atoms. The van der Waals surface area contributed by atoms with Crippen LogP contribution in [0.1, 0.15) is 27.2 Å². The predicted octanol–water partition coefficient (Wildman–Crippen LogP) is 5.29. The SMILES string of the molecule is Cc1occc1C(=O)/C(C#N)=C/c1cn(Cc2ccccc2)nc1-c1ccccc1. The summed E-state index contributed by atoms with van der Waals surface area (Å²) in [6.45, 7) is 2.29. The first kappa shape index (κ1) is 19.2. The minimum atomic E-state index is -0.362. The molecule has 0 atom stereocenters. The van der Waals surface area contributed by atoms with E-state index in [0.717, 1.165) is 16.8 Å². The second-order valence-electron chi connectivity index (χ2n) is 6.87. The van der Waals surface area contributed by atoms with E-state index in [1.54, 1.807) is 19.1 Å². The first-order chi connectivity index (χ1) is 14.7. The quantitative estimate of drug-likeness (QED) is 0.253. The minimum absolute atomic E-state index is 0.0379. The lowest BCUT2D eigenvalue weighted by Gasteiger charge is -2.01. The second kappa shape index (κ2) is 8.46. The van der Waals surface area contributed by atoms with Crippen LogP contribution < -0.4 is 0 Å². The van der Waals surface area contributed by atoms with Crippen molar-refractivity contribution in [1.29, 1.82) is 5.26 Å². The molecule has 146 valence electrons. The standard InChI is InChI=1S/C25H19N3O2/c1-18-23(12-13-30-18)25(29)21(15-26)14-22-17-28(16-19-8-4-2-5-9-19)27-24(22)20-10-6-3-7-11-20/h2-14,17H,16H2,1H3/b21-14+. The van der Waals surface area contributed by atoms with Gasteiger partial charge in [0.25, 0.3) is 0 Å². The Labute approximate surface area is 174 Å². The van der Waals surface area contributed by atoms with Crippen LogP contribution in [0.2, 0.25) is 0 Å². The van der Waals surface area contributed by atoms with Crippen LogP contribution in [0.25, 0.3) is 17.3 Å². The Balaban J connectivity index is 1.77. The normalized spacial score (nSPS) is 11.3. The van der Waals surface area contributed by atoms with Gasteiger partial charge in [-0.3, -0.25) is 9.48 Å². The first-order valence-corrected chi connectivity index (χ1v) is 9.53. The van der Waals surface area contributed by atoms with E-state index in [0.29, 0.717) is 23.4 Å². The highest BCUT2D eigenvalue weighted by molar-refractivity contribution is 6.14. The van der Waals surface area contributed by atoms with E-state index in [4.69, 9.17) is 9.52 Å². The third kappa shape index (κ3) is 3.98. The van der Waals surface area contributed by atoms with Gasteiger partial charge in [0, 0.05) is 17.3 Å². The number of carbonyl (C=O) groups is 1. The number of benzene rings is 2. The highest BCUT2D eigenvalue weighted by Crippen LogP contribution is 2.25. The van der Waals surface area contributed by atoms with Gasteiger partial charge in [-0.05, 0) is 24.6 Å². The zero-order valence-corrected chi connectivity index (χ0v) is 16.4. The van der Waals surface area contributed by atoms with E-state index in [9.17, 15) is 10.1 Å². The fraction of sp³-hybridized carbons (Fsp3) is 0.0800. The van der Waals surface area contributed by atoms with Gasteiger partial charge in [0.2, 0.25) is 5.78 Å². The summed E-state index contributed by atoms with van der Waals surface area (Å²) in [6.07, 6.45) is 4.92. The third-order valence-corrected chi connectivity index (χ3v) is 4.79. The maximum Gasteiger partial charge on any atom is 0.207 e. The number of rotatable bonds is 6. The van der Waals surface area contributed by atoms with Crippen molar-refractivity contribution in [3.05, 3.63) is 107 Å². The van der Waals surface area contributed by atoms with Gasteiger partial charge in [-0.15, -0.1) is 0 Å². The van der Waals surface area contributed by atoms with Gasteiger partial charge in [0.15, 0.2) is 0 Å². The lowest BCUT2D eigenvalue weighted by atomic mass is 10.0. The maximum absolute atomic E-state index is 12.8. The minimum Gasteiger partial charge on any atom is -0.469 e. The Morgan fingerprint density at radius 2 is 1.80 bits per heavy atom. The van der Waals surface area contributed by atoms with Crippen molar-refractivity contribution >= 4 is 11.9 Å². The highest BCUT2D eigenvalue weighted by Gasteiger charge is 2.18. The van der Waals surface area contributed by atoms with Gasteiger partial charge in [-0.25, -0.2) is 0 Å². The molecule has 2 heterocycles. The summed E-state index contributed by atoms with van der Waals surface area (Å²) in [5, 5.41) is 14.4. The second-order valence-corrected chi connectivity index (χ2v) is 6.87. The molecule has 0 amide bonds. The highest BCUT2D eigenvalue weighted by atomic mass is 16.3. The summed E-state index contributed by atoms with van der Waals surface area (Å²) in [5.41, 5.74) is 3.89. The van der Waals surface area contributed by atoms with E-state index < -0.39 is 0 Å². The number of ketones is 1. The van der Waals surface area contributed by atoms with Gasteiger partial charge in [0.1, 0.15) is 17.4 Å². The summed E-state index contributed by atoms with van der Waals surface area (Å²) < 4.78 is 7.05. The van der Waals surface area contributed by atoms with Crippen molar-refractivity contribution in [2.45, 2.75) is 13.5 Å². The first-order valence-electron chi connectivity index (χ1n) is 9.53. The Kier molecular flexibility index (Phi) is 5.40. The molecule has 0 fully saturated rings. The lowest BCUT2D eigenvalue weighted by Crippen LogP contribution is -2.02. The van der Waals surface area contributed by atoms with Crippen LogP contribution in [-0.4, -0.2) is 15.6 Å². The molecule has 0 radical (unpaired) electrons. The number of aromatic nitrogens is 2. The van der Waals surface area contributed by atoms with Crippen molar-refractivity contribution < 1.29 is 9.21 Å². The monoisotopic (exact) mass is 393 g/mol. The summed E-state index contributed by atoms with van der Waals surface area (Å²) in [7, 11) is 0. The number of nitrogens with zero attached hydrogens (tertiary/aromatic N) is 3. The Bertz CT molecular complexity index is 1240. The van der Waals surface area contributed by atoms with Gasteiger partial charge in [-0.2, -0.15) is 10.4 Å². The van der Waals surface area contributed by atoms with Crippen LogP contribution in [0.4, 0.5) is 0 Å². The topological polar surface area (TPSA) is 71.8 Å². The van der Waals surface area contributed by atoms with Gasteiger partial charge < -0.3 is 4.42 Å². The van der Waals surface area contributed by atoms with Crippen LogP contribution in [0.5, 0.6) is 0 Å². The summed E-state index contributed by atoms with van der Waals surface area (Å²) >= 11 is 0. The smallest absolute Gasteiger partial charge is 0.207 e. The number of hydrogen-bond donors (Lipinski definition) is 0. The third-order valence-electron chi connectivity index (χ3n) is 4.79. The molecule has 0 aliphatic heterocycles. The van der Waals surface area contributed by atoms with Crippen molar-refractivity contribution in [2.75, 3.05) is 0 Å². The number of carbonyl (C=O) groups excluding carboxylic acids is 1. The van der Waals surface area contributed by atoms with Crippen LogP contribution in [-0.2, 0) is 6.54 Å². The molecule has 0 N–H and O–H groups in total. The van der Waals surface area contributed by atoms with Crippen molar-refractivity contribution in [2.24, 2.45) is 0 Å². The number of nitriles is 1. The molecule has 0 saturated heterocycles. The number of aryl methyl sites for hydroxylation is 1. The van der Waals surface area contributed by atoms with Crippen LogP contribution in [0, 0.1) is 18.3 Å². The van der Waals surface area contributed by atoms with Gasteiger partial charge in [0.05, 0.1) is 24.1 Å². The number of Topliss-reactive ketones (excluding diaryl/α,β-unsaturated/α-hetero) is 1. The zero-order valence-electron chi connectivity index (χ0n) is 16.4. The van der Waals surface area contributed by atoms with E-state index >= 15 is 0 Å². The van der Waals surface area contributed by atoms with Crippen LogP contribution in [0.15, 0.2) is 89.2 Å². The molecule has 0 bridgehead atoms. The molecule has 2 aromatic carbocycles. The number of furan rings is 1. The van der Waals surface area contributed by atoms with Crippen LogP contribution in [0.3, 0.4) is 0 Å². The molecule has 4 aromatic rings. The Morgan fingerprint density at radius 1 is 1.10 bits per heavy atom. The predicted molar refractivity (Wildman–Crippen MR) is 115 cm³/mol. The summed E-state index contributed by atoms with van der Waals surface area (Å²) in [6, 6.07) is 23.3. The average Bonchev–Trinajstić information content (AvgIpc) is 3.38.